The van der Waals surface area contributed by atoms with E-state index >= 15 is 0 Å². The van der Waals surface area contributed by atoms with Crippen molar-refractivity contribution < 1.29 is 9.53 Å². The molecule has 1 unspecified atom stereocenters. The van der Waals surface area contributed by atoms with Crippen LogP contribution < -0.4 is 10.6 Å². The second-order valence-electron chi connectivity index (χ2n) is 3.43. The van der Waals surface area contributed by atoms with E-state index in [1.54, 1.807) is 13.2 Å². The van der Waals surface area contributed by atoms with E-state index in [0.29, 0.717) is 6.42 Å². The summed E-state index contributed by atoms with van der Waals surface area (Å²) in [5.74, 6) is 0.0700. The molecule has 1 fully saturated rings. The van der Waals surface area contributed by atoms with E-state index in [4.69, 9.17) is 4.74 Å². The molecule has 0 aromatic carbocycles. The Bertz CT molecular complexity index is 206. The highest BCUT2D eigenvalue weighted by molar-refractivity contribution is 5.76. The van der Waals surface area contributed by atoms with Crippen LogP contribution in [-0.4, -0.2) is 38.3 Å². The Morgan fingerprint density at radius 1 is 1.71 bits per heavy atom. The molecule has 0 radical (unpaired) electrons. The molecule has 2 atom stereocenters. The van der Waals surface area contributed by atoms with Crippen molar-refractivity contribution in [2.45, 2.75) is 25.0 Å². The average molecular weight is 198 g/mol. The van der Waals surface area contributed by atoms with Gasteiger partial charge >= 0.3 is 0 Å². The number of carbonyl (C=O) groups excluding carboxylic acids is 1. The standard InChI is InChI=1S/C10H18N2O2/c1-3-4-5-10(13)12-8-6-11-7-9(8)14-2/h3,8-9,11H,1,4-7H2,2H3,(H,12,13)/t8?,9-/m0/s1. The van der Waals surface area contributed by atoms with Crippen LogP contribution in [0.15, 0.2) is 12.7 Å². The number of hydrogen-bond donors (Lipinski definition) is 2. The second kappa shape index (κ2) is 5.78. The van der Waals surface area contributed by atoms with Gasteiger partial charge in [-0.25, -0.2) is 0 Å². The first kappa shape index (κ1) is 11.2. The molecule has 4 heteroatoms. The molecule has 1 heterocycles. The van der Waals surface area contributed by atoms with E-state index in [0.717, 1.165) is 19.5 Å². The molecule has 0 saturated carbocycles. The molecular weight excluding hydrogens is 180 g/mol. The van der Waals surface area contributed by atoms with Crippen LogP contribution in [0.1, 0.15) is 12.8 Å². The maximum Gasteiger partial charge on any atom is 0.220 e. The Morgan fingerprint density at radius 2 is 2.50 bits per heavy atom. The van der Waals surface area contributed by atoms with Gasteiger partial charge < -0.3 is 15.4 Å². The lowest BCUT2D eigenvalue weighted by atomic mass is 10.2. The van der Waals surface area contributed by atoms with Crippen LogP contribution in [0.25, 0.3) is 0 Å². The zero-order chi connectivity index (χ0) is 10.4. The highest BCUT2D eigenvalue weighted by Crippen LogP contribution is 2.04. The number of methoxy groups -OCH3 is 1. The van der Waals surface area contributed by atoms with Crippen LogP contribution in [0, 0.1) is 0 Å². The van der Waals surface area contributed by atoms with Crippen LogP contribution in [0.4, 0.5) is 0 Å². The van der Waals surface area contributed by atoms with Crippen molar-refractivity contribution >= 4 is 5.91 Å². The zero-order valence-corrected chi connectivity index (χ0v) is 8.58. The molecular formula is C10H18N2O2. The summed E-state index contributed by atoms with van der Waals surface area (Å²) in [7, 11) is 1.67. The fourth-order valence-corrected chi connectivity index (χ4v) is 1.56. The van der Waals surface area contributed by atoms with Gasteiger partial charge in [0.1, 0.15) is 0 Å². The van der Waals surface area contributed by atoms with Crippen LogP contribution in [0.3, 0.4) is 0 Å². The normalized spacial score (nSPS) is 26.1. The second-order valence-corrected chi connectivity index (χ2v) is 3.43. The van der Waals surface area contributed by atoms with Crippen molar-refractivity contribution in [1.82, 2.24) is 10.6 Å². The predicted octanol–water partition coefficient (Wildman–Crippen LogP) is 0.0556. The summed E-state index contributed by atoms with van der Waals surface area (Å²) >= 11 is 0. The van der Waals surface area contributed by atoms with Gasteiger partial charge in [0.05, 0.1) is 12.1 Å². The van der Waals surface area contributed by atoms with Crippen LogP contribution in [0.2, 0.25) is 0 Å². The lowest BCUT2D eigenvalue weighted by Crippen LogP contribution is -2.43. The van der Waals surface area contributed by atoms with E-state index in [-0.39, 0.29) is 18.1 Å². The summed E-state index contributed by atoms with van der Waals surface area (Å²) in [5.41, 5.74) is 0. The third-order valence-corrected chi connectivity index (χ3v) is 2.38. The van der Waals surface area contributed by atoms with E-state index in [2.05, 4.69) is 17.2 Å². The van der Waals surface area contributed by atoms with Gasteiger partial charge in [0.15, 0.2) is 0 Å². The van der Waals surface area contributed by atoms with Gasteiger partial charge in [0.2, 0.25) is 5.91 Å². The minimum Gasteiger partial charge on any atom is -0.378 e. The fraction of sp³-hybridized carbons (Fsp3) is 0.700. The summed E-state index contributed by atoms with van der Waals surface area (Å²) in [6.07, 6.45) is 3.09. The van der Waals surface area contributed by atoms with E-state index < -0.39 is 0 Å². The lowest BCUT2D eigenvalue weighted by molar-refractivity contribution is -0.122. The molecule has 80 valence electrons. The molecule has 0 aromatic heterocycles. The van der Waals surface area contributed by atoms with Crippen molar-refractivity contribution in [2.24, 2.45) is 0 Å². The molecule has 14 heavy (non-hydrogen) atoms. The van der Waals surface area contributed by atoms with E-state index in [9.17, 15) is 4.79 Å². The first-order valence-corrected chi connectivity index (χ1v) is 4.91. The maximum atomic E-state index is 11.4. The molecule has 1 aliphatic rings. The maximum absolute atomic E-state index is 11.4. The van der Waals surface area contributed by atoms with Crippen molar-refractivity contribution in [2.75, 3.05) is 20.2 Å². The van der Waals surface area contributed by atoms with Crippen LogP contribution in [-0.2, 0) is 9.53 Å². The molecule has 0 bridgehead atoms. The highest BCUT2D eigenvalue weighted by atomic mass is 16.5. The molecule has 2 N–H and O–H groups in total. The minimum atomic E-state index is 0.0700. The highest BCUT2D eigenvalue weighted by Gasteiger charge is 2.27. The average Bonchev–Trinajstić information content (AvgIpc) is 2.62. The first-order valence-electron chi connectivity index (χ1n) is 4.91. The minimum absolute atomic E-state index is 0.0700. The van der Waals surface area contributed by atoms with Gasteiger partial charge in [-0.2, -0.15) is 0 Å². The number of ether oxygens (including phenoxy) is 1. The fourth-order valence-electron chi connectivity index (χ4n) is 1.56. The predicted molar refractivity (Wildman–Crippen MR) is 55.0 cm³/mol. The van der Waals surface area contributed by atoms with Crippen molar-refractivity contribution in [3.63, 3.8) is 0 Å². The number of nitrogens with one attached hydrogen (secondary N) is 2. The Balaban J connectivity index is 2.28. The third-order valence-electron chi connectivity index (χ3n) is 2.38. The number of rotatable bonds is 5. The van der Waals surface area contributed by atoms with Gasteiger partial charge in [-0.1, -0.05) is 6.08 Å². The summed E-state index contributed by atoms with van der Waals surface area (Å²) in [6.45, 7) is 5.18. The number of carbonyl (C=O) groups is 1. The Kier molecular flexibility index (Phi) is 4.62. The Hall–Kier alpha value is -0.870. The smallest absolute Gasteiger partial charge is 0.220 e. The number of allylic oxidation sites excluding steroid dienone is 1. The van der Waals surface area contributed by atoms with Gasteiger partial charge in [-0.3, -0.25) is 4.79 Å². The molecule has 1 aliphatic heterocycles. The van der Waals surface area contributed by atoms with Crippen LogP contribution in [0.5, 0.6) is 0 Å². The largest absolute Gasteiger partial charge is 0.378 e. The monoisotopic (exact) mass is 198 g/mol. The molecule has 4 nitrogen and oxygen atoms in total. The topological polar surface area (TPSA) is 50.4 Å². The Labute approximate surface area is 84.7 Å². The van der Waals surface area contributed by atoms with E-state index in [1.807, 2.05) is 0 Å². The van der Waals surface area contributed by atoms with Crippen molar-refractivity contribution in [3.8, 4) is 0 Å². The first-order chi connectivity index (χ1) is 6.77. The molecule has 1 saturated heterocycles. The lowest BCUT2D eigenvalue weighted by Gasteiger charge is -2.18. The van der Waals surface area contributed by atoms with Gasteiger partial charge in [-0.05, 0) is 6.42 Å². The summed E-state index contributed by atoms with van der Waals surface area (Å²) in [6, 6.07) is 0.109. The van der Waals surface area contributed by atoms with Crippen molar-refractivity contribution in [3.05, 3.63) is 12.7 Å². The van der Waals surface area contributed by atoms with Crippen molar-refractivity contribution in [1.29, 1.82) is 0 Å². The SMILES string of the molecule is C=CCCC(=O)NC1CNC[C@@H]1OC. The summed E-state index contributed by atoms with van der Waals surface area (Å²) in [4.78, 5) is 11.4. The van der Waals surface area contributed by atoms with E-state index in [1.165, 1.54) is 0 Å². The molecule has 0 spiro atoms. The Morgan fingerprint density at radius 3 is 3.14 bits per heavy atom. The quantitative estimate of drug-likeness (QED) is 0.614. The van der Waals surface area contributed by atoms with Gasteiger partial charge in [0.25, 0.3) is 0 Å². The van der Waals surface area contributed by atoms with Crippen LogP contribution >= 0.6 is 0 Å². The molecule has 0 aromatic rings. The molecule has 1 rings (SSSR count). The number of hydrogen-bond acceptors (Lipinski definition) is 3. The van der Waals surface area contributed by atoms with Gasteiger partial charge in [-0.15, -0.1) is 6.58 Å². The third kappa shape index (κ3) is 3.12. The molecule has 0 aliphatic carbocycles. The summed E-state index contributed by atoms with van der Waals surface area (Å²) < 4.78 is 5.23. The number of amides is 1. The summed E-state index contributed by atoms with van der Waals surface area (Å²) in [5, 5.41) is 6.12. The molecule has 1 amide bonds. The van der Waals surface area contributed by atoms with Gasteiger partial charge in [0, 0.05) is 26.6 Å². The zero-order valence-electron chi connectivity index (χ0n) is 8.58.